The Kier molecular flexibility index (Phi) is 6.52. The minimum Gasteiger partial charge on any atom is -0.379 e. The Labute approximate surface area is 182 Å². The van der Waals surface area contributed by atoms with Gasteiger partial charge in [-0.1, -0.05) is 41.6 Å². The Morgan fingerprint density at radius 1 is 1.00 bits per heavy atom. The number of halogens is 3. The van der Waals surface area contributed by atoms with Crippen molar-refractivity contribution in [2.75, 3.05) is 26.3 Å². The van der Waals surface area contributed by atoms with Crippen LogP contribution in [-0.4, -0.2) is 47.3 Å². The van der Waals surface area contributed by atoms with E-state index in [1.807, 2.05) is 24.3 Å². The van der Waals surface area contributed by atoms with E-state index in [4.69, 9.17) is 9.26 Å². The highest BCUT2D eigenvalue weighted by molar-refractivity contribution is 5.89. The van der Waals surface area contributed by atoms with Gasteiger partial charge in [0, 0.05) is 31.7 Å². The lowest BCUT2D eigenvalue weighted by Crippen LogP contribution is -2.35. The fraction of sp³-hybridized carbons (Fsp3) is 0.318. The van der Waals surface area contributed by atoms with Gasteiger partial charge >= 0.3 is 18.0 Å². The molecule has 0 bridgehead atoms. The minimum atomic E-state index is -4.43. The van der Waals surface area contributed by atoms with Crippen LogP contribution in [0, 0.1) is 0 Å². The summed E-state index contributed by atoms with van der Waals surface area (Å²) in [5.74, 6) is -0.784. The zero-order valence-corrected chi connectivity index (χ0v) is 17.1. The summed E-state index contributed by atoms with van der Waals surface area (Å²) in [6.45, 7) is 4.45. The number of rotatable bonds is 6. The molecule has 32 heavy (non-hydrogen) atoms. The summed E-state index contributed by atoms with van der Waals surface area (Å²) >= 11 is 0. The lowest BCUT2D eigenvalue weighted by Gasteiger charge is -2.26. The molecular formula is C22H21F3N4O3. The predicted octanol–water partition coefficient (Wildman–Crippen LogP) is 3.52. The van der Waals surface area contributed by atoms with Gasteiger partial charge in [-0.3, -0.25) is 9.69 Å². The second kappa shape index (κ2) is 9.49. The van der Waals surface area contributed by atoms with Crippen molar-refractivity contribution in [3.63, 3.8) is 0 Å². The summed E-state index contributed by atoms with van der Waals surface area (Å²) in [4.78, 5) is 18.6. The molecule has 0 aliphatic carbocycles. The first-order valence-corrected chi connectivity index (χ1v) is 10.1. The number of hydrogen-bond donors (Lipinski definition) is 1. The number of amides is 1. The van der Waals surface area contributed by atoms with Gasteiger partial charge in [0.25, 0.3) is 0 Å². The SMILES string of the molecule is O=C(NCc1ccc(CN2CCOCC2)cc1)c1nc(-c2ccc(C(F)(F)F)cc2)no1. The van der Waals surface area contributed by atoms with E-state index >= 15 is 0 Å². The van der Waals surface area contributed by atoms with Crippen molar-refractivity contribution in [3.8, 4) is 11.4 Å². The molecule has 3 aromatic rings. The molecule has 168 valence electrons. The molecule has 1 fully saturated rings. The number of benzene rings is 2. The zero-order chi connectivity index (χ0) is 22.6. The molecule has 0 unspecified atom stereocenters. The number of aromatic nitrogens is 2. The maximum atomic E-state index is 12.7. The molecule has 0 radical (unpaired) electrons. The van der Waals surface area contributed by atoms with E-state index in [0.29, 0.717) is 5.56 Å². The second-order valence-corrected chi connectivity index (χ2v) is 7.39. The van der Waals surface area contributed by atoms with Gasteiger partial charge in [0.05, 0.1) is 18.8 Å². The van der Waals surface area contributed by atoms with E-state index in [0.717, 1.165) is 50.5 Å². The van der Waals surface area contributed by atoms with E-state index in [-0.39, 0.29) is 18.3 Å². The van der Waals surface area contributed by atoms with Gasteiger partial charge in [-0.25, -0.2) is 0 Å². The van der Waals surface area contributed by atoms with Crippen LogP contribution >= 0.6 is 0 Å². The van der Waals surface area contributed by atoms with Crippen LogP contribution in [0.5, 0.6) is 0 Å². The highest BCUT2D eigenvalue weighted by Gasteiger charge is 2.30. The standard InChI is InChI=1S/C22H21F3N4O3/c23-22(24,25)18-7-5-17(6-8-18)19-27-21(32-28-19)20(30)26-13-15-1-3-16(4-2-15)14-29-9-11-31-12-10-29/h1-8H,9-14H2,(H,26,30). The predicted molar refractivity (Wildman–Crippen MR) is 108 cm³/mol. The number of hydrogen-bond acceptors (Lipinski definition) is 6. The molecule has 1 aromatic heterocycles. The lowest BCUT2D eigenvalue weighted by molar-refractivity contribution is -0.137. The summed E-state index contributed by atoms with van der Waals surface area (Å²) in [6.07, 6.45) is -4.43. The number of carbonyl (C=O) groups excluding carboxylic acids is 1. The van der Waals surface area contributed by atoms with E-state index in [1.54, 1.807) is 0 Å². The molecule has 10 heteroatoms. The molecule has 4 rings (SSSR count). The van der Waals surface area contributed by atoms with Crippen LogP contribution in [0.25, 0.3) is 11.4 Å². The van der Waals surface area contributed by atoms with Crippen molar-refractivity contribution in [1.82, 2.24) is 20.4 Å². The molecule has 1 N–H and O–H groups in total. The molecule has 1 aliphatic heterocycles. The number of alkyl halides is 3. The number of morpholine rings is 1. The molecule has 1 amide bonds. The third-order valence-electron chi connectivity index (χ3n) is 5.08. The third-order valence-corrected chi connectivity index (χ3v) is 5.08. The van der Waals surface area contributed by atoms with E-state index in [2.05, 4.69) is 20.4 Å². The summed E-state index contributed by atoms with van der Waals surface area (Å²) in [5, 5.41) is 6.38. The van der Waals surface area contributed by atoms with Gasteiger partial charge < -0.3 is 14.6 Å². The van der Waals surface area contributed by atoms with Gasteiger partial charge in [0.15, 0.2) is 0 Å². The smallest absolute Gasteiger partial charge is 0.379 e. The van der Waals surface area contributed by atoms with Crippen molar-refractivity contribution in [3.05, 3.63) is 71.1 Å². The van der Waals surface area contributed by atoms with Gasteiger partial charge in [0.2, 0.25) is 5.82 Å². The van der Waals surface area contributed by atoms with Crippen molar-refractivity contribution < 1.29 is 27.2 Å². The second-order valence-electron chi connectivity index (χ2n) is 7.39. The number of nitrogens with zero attached hydrogens (tertiary/aromatic N) is 3. The monoisotopic (exact) mass is 446 g/mol. The van der Waals surface area contributed by atoms with E-state index in [9.17, 15) is 18.0 Å². The van der Waals surface area contributed by atoms with Crippen LogP contribution in [0.15, 0.2) is 53.1 Å². The van der Waals surface area contributed by atoms with Gasteiger partial charge in [0.1, 0.15) is 0 Å². The highest BCUT2D eigenvalue weighted by Crippen LogP contribution is 2.30. The van der Waals surface area contributed by atoms with E-state index in [1.165, 1.54) is 17.7 Å². The number of ether oxygens (including phenoxy) is 1. The lowest BCUT2D eigenvalue weighted by atomic mass is 10.1. The molecule has 0 atom stereocenters. The Bertz CT molecular complexity index is 1040. The maximum absolute atomic E-state index is 12.7. The number of nitrogens with one attached hydrogen (secondary N) is 1. The molecule has 2 aromatic carbocycles. The first-order chi connectivity index (χ1) is 15.4. The molecule has 1 saturated heterocycles. The first kappa shape index (κ1) is 22.0. The van der Waals surface area contributed by atoms with Crippen LogP contribution in [0.4, 0.5) is 13.2 Å². The average Bonchev–Trinajstić information content (AvgIpc) is 3.29. The normalized spacial score (nSPS) is 15.0. The Morgan fingerprint density at radius 3 is 2.31 bits per heavy atom. The van der Waals surface area contributed by atoms with Gasteiger partial charge in [-0.2, -0.15) is 18.2 Å². The van der Waals surface area contributed by atoms with Crippen molar-refractivity contribution >= 4 is 5.91 Å². The van der Waals surface area contributed by atoms with Crippen LogP contribution in [0.1, 0.15) is 27.4 Å². The Morgan fingerprint density at radius 2 is 1.66 bits per heavy atom. The zero-order valence-electron chi connectivity index (χ0n) is 17.1. The van der Waals surface area contributed by atoms with Crippen LogP contribution in [0.3, 0.4) is 0 Å². The molecule has 2 heterocycles. The topological polar surface area (TPSA) is 80.5 Å². The molecule has 7 nitrogen and oxygen atoms in total. The van der Waals surface area contributed by atoms with Gasteiger partial charge in [-0.15, -0.1) is 0 Å². The fourth-order valence-electron chi connectivity index (χ4n) is 3.28. The third kappa shape index (κ3) is 5.51. The van der Waals surface area contributed by atoms with Crippen LogP contribution in [-0.2, 0) is 24.0 Å². The van der Waals surface area contributed by atoms with Crippen molar-refractivity contribution in [2.24, 2.45) is 0 Å². The fourth-order valence-corrected chi connectivity index (χ4v) is 3.28. The van der Waals surface area contributed by atoms with E-state index < -0.39 is 17.6 Å². The van der Waals surface area contributed by atoms with Crippen LogP contribution in [0.2, 0.25) is 0 Å². The highest BCUT2D eigenvalue weighted by atomic mass is 19.4. The molecular weight excluding hydrogens is 425 g/mol. The maximum Gasteiger partial charge on any atom is 0.416 e. The first-order valence-electron chi connectivity index (χ1n) is 10.1. The molecule has 0 saturated carbocycles. The largest absolute Gasteiger partial charge is 0.416 e. The summed E-state index contributed by atoms with van der Waals surface area (Å²) in [7, 11) is 0. The number of carbonyl (C=O) groups is 1. The molecule has 1 aliphatic rings. The summed E-state index contributed by atoms with van der Waals surface area (Å²) in [6, 6.07) is 12.2. The van der Waals surface area contributed by atoms with Gasteiger partial charge in [-0.05, 0) is 23.3 Å². The summed E-state index contributed by atoms with van der Waals surface area (Å²) < 4.78 is 48.3. The Balaban J connectivity index is 1.31. The minimum absolute atomic E-state index is 0.0383. The van der Waals surface area contributed by atoms with Crippen molar-refractivity contribution in [2.45, 2.75) is 19.3 Å². The summed E-state index contributed by atoms with van der Waals surface area (Å²) in [5.41, 5.74) is 1.63. The van der Waals surface area contributed by atoms with Crippen molar-refractivity contribution in [1.29, 1.82) is 0 Å². The average molecular weight is 446 g/mol. The molecule has 0 spiro atoms. The Hall–Kier alpha value is -3.24. The van der Waals surface area contributed by atoms with Crippen LogP contribution < -0.4 is 5.32 Å². The quantitative estimate of drug-likeness (QED) is 0.624.